The number of benzene rings is 2. The molecule has 1 aliphatic carbocycles. The van der Waals surface area contributed by atoms with Crippen LogP contribution >= 0.6 is 11.6 Å². The molecule has 1 atom stereocenters. The van der Waals surface area contributed by atoms with Gasteiger partial charge in [0.05, 0.1) is 0 Å². The van der Waals surface area contributed by atoms with E-state index in [1.54, 1.807) is 30.4 Å². The number of allylic oxidation sites excluding steroid dienone is 3. The molecule has 0 spiro atoms. The molecule has 2 aromatic rings. The molecule has 0 fully saturated rings. The number of halogens is 1. The van der Waals surface area contributed by atoms with Gasteiger partial charge in [0.15, 0.2) is 4.21 Å². The summed E-state index contributed by atoms with van der Waals surface area (Å²) in [4.78, 5) is 0. The van der Waals surface area contributed by atoms with E-state index in [-0.39, 0.29) is 6.42 Å². The van der Waals surface area contributed by atoms with E-state index in [4.69, 9.17) is 11.6 Å². The number of hydrogen-bond acceptors (Lipinski definition) is 2. The molecule has 0 radical (unpaired) electrons. The maximum Gasteiger partial charge on any atom is 0.256 e. The van der Waals surface area contributed by atoms with Crippen LogP contribution in [0.5, 0.6) is 0 Å². The molecule has 3 rings (SSSR count). The van der Waals surface area contributed by atoms with Crippen LogP contribution in [-0.4, -0.2) is 12.6 Å². The lowest BCUT2D eigenvalue weighted by Gasteiger charge is -2.26. The Morgan fingerprint density at radius 1 is 1.08 bits per heavy atom. The summed E-state index contributed by atoms with van der Waals surface area (Å²) in [5, 5.41) is 0. The predicted octanol–water partition coefficient (Wildman–Crippen LogP) is 4.72. The second kappa shape index (κ2) is 6.46. The van der Waals surface area contributed by atoms with E-state index in [0.717, 1.165) is 16.7 Å². The van der Waals surface area contributed by atoms with Crippen LogP contribution in [0, 0.1) is 6.92 Å². The zero-order valence-electron chi connectivity index (χ0n) is 13.2. The average Bonchev–Trinajstić information content (AvgIpc) is 2.56. The van der Waals surface area contributed by atoms with Crippen molar-refractivity contribution in [2.24, 2.45) is 0 Å². The minimum absolute atomic E-state index is 0.205. The van der Waals surface area contributed by atoms with Crippen LogP contribution in [0.3, 0.4) is 0 Å². The fourth-order valence-corrected chi connectivity index (χ4v) is 4.00. The first-order valence-corrected chi connectivity index (χ1v) is 9.48. The van der Waals surface area contributed by atoms with Crippen molar-refractivity contribution in [2.45, 2.75) is 17.6 Å². The lowest BCUT2D eigenvalue weighted by Crippen LogP contribution is -2.36. The van der Waals surface area contributed by atoms with Crippen molar-refractivity contribution >= 4 is 32.9 Å². The highest BCUT2D eigenvalue weighted by Gasteiger charge is 2.40. The summed E-state index contributed by atoms with van der Waals surface area (Å²) in [6, 6.07) is 17.0. The largest absolute Gasteiger partial charge is 0.282 e. The molecule has 2 aromatic carbocycles. The minimum Gasteiger partial charge on any atom is -0.282 e. The van der Waals surface area contributed by atoms with Gasteiger partial charge in [-0.2, -0.15) is 0 Å². The summed E-state index contributed by atoms with van der Waals surface area (Å²) >= 11 is 6.43. The normalized spacial score (nSPS) is 20.5. The predicted molar refractivity (Wildman–Crippen MR) is 100 cm³/mol. The van der Waals surface area contributed by atoms with E-state index in [1.165, 1.54) is 0 Å². The average molecular weight is 360 g/mol. The second-order valence-electron chi connectivity index (χ2n) is 5.82. The van der Waals surface area contributed by atoms with Gasteiger partial charge in [0, 0.05) is 12.1 Å². The highest BCUT2D eigenvalue weighted by molar-refractivity contribution is 7.95. The minimum atomic E-state index is -3.77. The monoisotopic (exact) mass is 359 g/mol. The summed E-state index contributed by atoms with van der Waals surface area (Å²) in [6.07, 6.45) is 5.38. The summed E-state index contributed by atoms with van der Waals surface area (Å²) in [6.45, 7) is 1.91. The number of hydrogen-bond donors (Lipinski definition) is 1. The lowest BCUT2D eigenvalue weighted by atomic mass is 9.99. The highest BCUT2D eigenvalue weighted by Crippen LogP contribution is 2.36. The molecule has 3 nitrogen and oxygen atoms in total. The van der Waals surface area contributed by atoms with Crippen LogP contribution in [0.15, 0.2) is 72.8 Å². The zero-order valence-corrected chi connectivity index (χ0v) is 14.8. The van der Waals surface area contributed by atoms with Gasteiger partial charge in [0.1, 0.15) is 0 Å². The summed E-state index contributed by atoms with van der Waals surface area (Å²) in [7, 11) is -3.77. The first-order chi connectivity index (χ1) is 11.4. The molecule has 124 valence electrons. The molecule has 24 heavy (non-hydrogen) atoms. The van der Waals surface area contributed by atoms with Crippen LogP contribution in [0.1, 0.15) is 17.5 Å². The molecule has 0 amide bonds. The molecular formula is C19H18ClNO2S. The van der Waals surface area contributed by atoms with E-state index in [2.05, 4.69) is 4.72 Å². The van der Waals surface area contributed by atoms with Crippen molar-refractivity contribution < 1.29 is 8.42 Å². The molecular weight excluding hydrogens is 342 g/mol. The standard InChI is InChI=1S/C19H18ClNO2S/c1-15-6-5-9-18(14-15)21-24(22,23)19(20)12-10-17(11-13-19)16-7-3-2-4-8-16/h2-12,14,21H,13H2,1H3. The first kappa shape index (κ1) is 16.8. The van der Waals surface area contributed by atoms with Crippen molar-refractivity contribution in [3.63, 3.8) is 0 Å². The van der Waals surface area contributed by atoms with Crippen molar-refractivity contribution in [3.05, 3.63) is 84.0 Å². The molecule has 0 aromatic heterocycles. The Kier molecular flexibility index (Phi) is 4.52. The molecule has 0 aliphatic heterocycles. The Morgan fingerprint density at radius 2 is 1.83 bits per heavy atom. The third-order valence-electron chi connectivity index (χ3n) is 3.94. The zero-order chi connectivity index (χ0) is 17.2. The Balaban J connectivity index is 1.82. The molecule has 0 bridgehead atoms. The van der Waals surface area contributed by atoms with Crippen molar-refractivity contribution in [3.8, 4) is 0 Å². The second-order valence-corrected chi connectivity index (χ2v) is 8.66. The molecule has 5 heteroatoms. The number of nitrogens with one attached hydrogen (secondary N) is 1. The molecule has 1 aliphatic rings. The van der Waals surface area contributed by atoms with Crippen LogP contribution in [0.2, 0.25) is 0 Å². The molecule has 1 unspecified atom stereocenters. The van der Waals surface area contributed by atoms with Gasteiger partial charge in [0.25, 0.3) is 10.0 Å². The van der Waals surface area contributed by atoms with Gasteiger partial charge in [-0.1, -0.05) is 66.2 Å². The SMILES string of the molecule is Cc1cccc(NS(=O)(=O)C2(Cl)C=CC(c3ccccc3)=CC2)c1. The fourth-order valence-electron chi connectivity index (χ4n) is 2.59. The van der Waals surface area contributed by atoms with Crippen LogP contribution in [0.25, 0.3) is 5.57 Å². The van der Waals surface area contributed by atoms with Gasteiger partial charge in [-0.25, -0.2) is 8.42 Å². The van der Waals surface area contributed by atoms with Crippen molar-refractivity contribution in [1.82, 2.24) is 0 Å². The third kappa shape index (κ3) is 3.40. The van der Waals surface area contributed by atoms with Gasteiger partial charge >= 0.3 is 0 Å². The summed E-state index contributed by atoms with van der Waals surface area (Å²) in [5.41, 5.74) is 3.50. The number of anilines is 1. The van der Waals surface area contributed by atoms with Gasteiger partial charge in [-0.05, 0) is 41.8 Å². The smallest absolute Gasteiger partial charge is 0.256 e. The van der Waals surface area contributed by atoms with E-state index in [9.17, 15) is 8.42 Å². The Morgan fingerprint density at radius 3 is 2.46 bits per heavy atom. The maximum atomic E-state index is 12.7. The lowest BCUT2D eigenvalue weighted by molar-refractivity contribution is 0.587. The Hall–Kier alpha value is -2.04. The van der Waals surface area contributed by atoms with Crippen LogP contribution in [-0.2, 0) is 10.0 Å². The number of rotatable bonds is 4. The molecule has 0 saturated carbocycles. The summed E-state index contributed by atoms with van der Waals surface area (Å²) in [5.74, 6) is 0. The Labute approximate surface area is 147 Å². The number of alkyl halides is 1. The number of aryl methyl sites for hydroxylation is 1. The topological polar surface area (TPSA) is 46.2 Å². The van der Waals surface area contributed by atoms with Crippen molar-refractivity contribution in [2.75, 3.05) is 4.72 Å². The van der Waals surface area contributed by atoms with Gasteiger partial charge < -0.3 is 0 Å². The van der Waals surface area contributed by atoms with Crippen LogP contribution in [0.4, 0.5) is 5.69 Å². The summed E-state index contributed by atoms with van der Waals surface area (Å²) < 4.78 is 26.5. The van der Waals surface area contributed by atoms with E-state index < -0.39 is 14.2 Å². The third-order valence-corrected chi connectivity index (χ3v) is 6.53. The van der Waals surface area contributed by atoms with Crippen LogP contribution < -0.4 is 4.72 Å². The quantitative estimate of drug-likeness (QED) is 0.803. The van der Waals surface area contributed by atoms with Gasteiger partial charge in [0.2, 0.25) is 0 Å². The van der Waals surface area contributed by atoms with E-state index >= 15 is 0 Å². The van der Waals surface area contributed by atoms with Gasteiger partial charge in [-0.15, -0.1) is 0 Å². The van der Waals surface area contributed by atoms with Gasteiger partial charge in [-0.3, -0.25) is 4.72 Å². The molecule has 0 saturated heterocycles. The number of sulfonamides is 1. The Bertz CT molecular complexity index is 904. The maximum absolute atomic E-state index is 12.7. The van der Waals surface area contributed by atoms with Crippen molar-refractivity contribution in [1.29, 1.82) is 0 Å². The molecule has 0 heterocycles. The first-order valence-electron chi connectivity index (χ1n) is 7.62. The highest BCUT2D eigenvalue weighted by atomic mass is 35.5. The molecule has 1 N–H and O–H groups in total. The fraction of sp³-hybridized carbons (Fsp3) is 0.158. The van der Waals surface area contributed by atoms with E-state index in [0.29, 0.717) is 5.69 Å². The van der Waals surface area contributed by atoms with E-state index in [1.807, 2.05) is 49.4 Å².